The molecular weight excluding hydrogens is 268 g/mol. The van der Waals surface area contributed by atoms with Crippen LogP contribution in [-0.4, -0.2) is 35.7 Å². The molecule has 1 aliphatic rings. The molecule has 0 aliphatic carbocycles. The molecule has 0 spiro atoms. The molecule has 0 saturated carbocycles. The largest absolute Gasteiger partial charge is 0.356 e. The first-order valence-electron chi connectivity index (χ1n) is 7.59. The predicted octanol–water partition coefficient (Wildman–Crippen LogP) is 1.88. The van der Waals surface area contributed by atoms with Crippen molar-refractivity contribution in [1.82, 2.24) is 10.2 Å². The van der Waals surface area contributed by atoms with Crippen LogP contribution in [0.2, 0.25) is 0 Å². The van der Waals surface area contributed by atoms with E-state index in [1.807, 2.05) is 33.8 Å². The number of rotatable bonds is 7. The van der Waals surface area contributed by atoms with Crippen LogP contribution in [0.3, 0.4) is 0 Å². The summed E-state index contributed by atoms with van der Waals surface area (Å²) in [6, 6.07) is 0. The summed E-state index contributed by atoms with van der Waals surface area (Å²) in [4.78, 5) is 36.9. The van der Waals surface area contributed by atoms with E-state index in [0.717, 1.165) is 6.42 Å². The van der Waals surface area contributed by atoms with E-state index in [4.69, 9.17) is 0 Å². The third-order valence-electron chi connectivity index (χ3n) is 3.98. The minimum atomic E-state index is -0.224. The summed E-state index contributed by atoms with van der Waals surface area (Å²) in [6.07, 6.45) is 3.29. The summed E-state index contributed by atoms with van der Waals surface area (Å²) in [7, 11) is 0. The van der Waals surface area contributed by atoms with Crippen LogP contribution in [0.15, 0.2) is 11.6 Å². The van der Waals surface area contributed by atoms with E-state index in [-0.39, 0.29) is 48.9 Å². The number of hydrogen-bond donors (Lipinski definition) is 1. The van der Waals surface area contributed by atoms with Crippen molar-refractivity contribution in [1.29, 1.82) is 0 Å². The number of likely N-dealkylation sites (tertiary alicyclic amines) is 1. The molecule has 1 aliphatic heterocycles. The van der Waals surface area contributed by atoms with Gasteiger partial charge in [-0.2, -0.15) is 0 Å². The van der Waals surface area contributed by atoms with Gasteiger partial charge in [0.05, 0.1) is 0 Å². The van der Waals surface area contributed by atoms with Gasteiger partial charge in [0.25, 0.3) is 0 Å². The summed E-state index contributed by atoms with van der Waals surface area (Å²) in [5.74, 6) is -0.474. The van der Waals surface area contributed by atoms with E-state index >= 15 is 0 Å². The number of nitrogens with zero attached hydrogens (tertiary/aromatic N) is 1. The molecule has 0 bridgehead atoms. The SMILES string of the molecule is CC=C(C)CCNC(=O)CCN1C(=O)CC(C(C)C)C1=O. The Labute approximate surface area is 126 Å². The Balaban J connectivity index is 2.36. The van der Waals surface area contributed by atoms with Crippen LogP contribution in [0.4, 0.5) is 0 Å². The number of hydrogen-bond acceptors (Lipinski definition) is 3. The molecule has 0 aromatic carbocycles. The fourth-order valence-electron chi connectivity index (χ4n) is 2.31. The van der Waals surface area contributed by atoms with Crippen molar-refractivity contribution in [3.8, 4) is 0 Å². The number of allylic oxidation sites excluding steroid dienone is 1. The molecule has 3 amide bonds. The van der Waals surface area contributed by atoms with E-state index < -0.39 is 0 Å². The van der Waals surface area contributed by atoms with Gasteiger partial charge >= 0.3 is 0 Å². The lowest BCUT2D eigenvalue weighted by atomic mass is 9.94. The maximum Gasteiger partial charge on any atom is 0.233 e. The second-order valence-corrected chi connectivity index (χ2v) is 5.92. The molecule has 118 valence electrons. The Bertz CT molecular complexity index is 441. The molecule has 1 atom stereocenters. The van der Waals surface area contributed by atoms with Crippen LogP contribution in [0.1, 0.15) is 47.0 Å². The quantitative estimate of drug-likeness (QED) is 0.576. The van der Waals surface area contributed by atoms with E-state index in [2.05, 4.69) is 5.32 Å². The molecule has 1 unspecified atom stereocenters. The van der Waals surface area contributed by atoms with Crippen LogP contribution < -0.4 is 5.32 Å². The summed E-state index contributed by atoms with van der Waals surface area (Å²) in [5.41, 5.74) is 1.22. The van der Waals surface area contributed by atoms with E-state index in [1.54, 1.807) is 0 Å². The highest BCUT2D eigenvalue weighted by atomic mass is 16.2. The average Bonchev–Trinajstić information content (AvgIpc) is 2.71. The third-order valence-corrected chi connectivity index (χ3v) is 3.98. The van der Waals surface area contributed by atoms with Crippen molar-refractivity contribution >= 4 is 17.7 Å². The molecule has 1 N–H and O–H groups in total. The molecular formula is C16H26N2O3. The van der Waals surface area contributed by atoms with Crippen molar-refractivity contribution in [3.63, 3.8) is 0 Å². The molecule has 0 aromatic rings. The van der Waals surface area contributed by atoms with E-state index in [9.17, 15) is 14.4 Å². The van der Waals surface area contributed by atoms with Gasteiger partial charge < -0.3 is 5.32 Å². The Morgan fingerprint density at radius 3 is 2.57 bits per heavy atom. The lowest BCUT2D eigenvalue weighted by Crippen LogP contribution is -2.35. The van der Waals surface area contributed by atoms with Crippen molar-refractivity contribution in [3.05, 3.63) is 11.6 Å². The smallest absolute Gasteiger partial charge is 0.233 e. The van der Waals surface area contributed by atoms with Crippen molar-refractivity contribution in [2.45, 2.75) is 47.0 Å². The highest BCUT2D eigenvalue weighted by Gasteiger charge is 2.39. The highest BCUT2D eigenvalue weighted by molar-refractivity contribution is 6.03. The molecule has 1 saturated heterocycles. The summed E-state index contributed by atoms with van der Waals surface area (Å²) in [6.45, 7) is 8.64. The molecule has 21 heavy (non-hydrogen) atoms. The van der Waals surface area contributed by atoms with Gasteiger partial charge in [-0.05, 0) is 26.2 Å². The van der Waals surface area contributed by atoms with E-state index in [1.165, 1.54) is 10.5 Å². The Morgan fingerprint density at radius 2 is 2.05 bits per heavy atom. The van der Waals surface area contributed by atoms with Crippen LogP contribution in [0.5, 0.6) is 0 Å². The number of nitrogens with one attached hydrogen (secondary N) is 1. The molecule has 1 fully saturated rings. The zero-order valence-corrected chi connectivity index (χ0v) is 13.4. The summed E-state index contributed by atoms with van der Waals surface area (Å²) in [5, 5.41) is 2.81. The van der Waals surface area contributed by atoms with Gasteiger partial charge in [0.2, 0.25) is 17.7 Å². The van der Waals surface area contributed by atoms with Crippen LogP contribution in [0, 0.1) is 11.8 Å². The predicted molar refractivity (Wildman–Crippen MR) is 81.3 cm³/mol. The van der Waals surface area contributed by atoms with Gasteiger partial charge in [-0.15, -0.1) is 0 Å². The standard InChI is InChI=1S/C16H26N2O3/c1-5-12(4)6-8-17-14(19)7-9-18-15(20)10-13(11(2)3)16(18)21/h5,11,13H,6-10H2,1-4H3,(H,17,19). The molecule has 1 rings (SSSR count). The monoisotopic (exact) mass is 294 g/mol. The van der Waals surface area contributed by atoms with E-state index in [0.29, 0.717) is 6.54 Å². The van der Waals surface area contributed by atoms with Gasteiger partial charge in [-0.25, -0.2) is 0 Å². The topological polar surface area (TPSA) is 66.5 Å². The molecule has 0 radical (unpaired) electrons. The second-order valence-electron chi connectivity index (χ2n) is 5.92. The maximum absolute atomic E-state index is 12.1. The van der Waals surface area contributed by atoms with Gasteiger partial charge in [0.15, 0.2) is 0 Å². The summed E-state index contributed by atoms with van der Waals surface area (Å²) < 4.78 is 0. The van der Waals surface area contributed by atoms with Crippen LogP contribution in [-0.2, 0) is 14.4 Å². The van der Waals surface area contributed by atoms with Crippen LogP contribution >= 0.6 is 0 Å². The van der Waals surface area contributed by atoms with Gasteiger partial charge in [-0.3, -0.25) is 19.3 Å². The first kappa shape index (κ1) is 17.4. The fraction of sp³-hybridized carbons (Fsp3) is 0.688. The minimum Gasteiger partial charge on any atom is -0.356 e. The Hall–Kier alpha value is -1.65. The molecule has 5 heteroatoms. The molecule has 5 nitrogen and oxygen atoms in total. The first-order valence-corrected chi connectivity index (χ1v) is 7.59. The van der Waals surface area contributed by atoms with Crippen molar-refractivity contribution < 1.29 is 14.4 Å². The lowest BCUT2D eigenvalue weighted by molar-refractivity contribution is -0.140. The number of carbonyl (C=O) groups is 3. The molecule has 1 heterocycles. The Morgan fingerprint density at radius 1 is 1.38 bits per heavy atom. The van der Waals surface area contributed by atoms with Gasteiger partial charge in [0, 0.05) is 31.8 Å². The normalized spacial score (nSPS) is 19.6. The average molecular weight is 294 g/mol. The molecule has 0 aromatic heterocycles. The first-order chi connectivity index (χ1) is 9.86. The zero-order chi connectivity index (χ0) is 16.0. The van der Waals surface area contributed by atoms with Crippen LogP contribution in [0.25, 0.3) is 0 Å². The number of amides is 3. The van der Waals surface area contributed by atoms with Crippen molar-refractivity contribution in [2.75, 3.05) is 13.1 Å². The number of carbonyl (C=O) groups excluding carboxylic acids is 3. The fourth-order valence-corrected chi connectivity index (χ4v) is 2.31. The van der Waals surface area contributed by atoms with Gasteiger partial charge in [-0.1, -0.05) is 25.5 Å². The van der Waals surface area contributed by atoms with Gasteiger partial charge in [0.1, 0.15) is 0 Å². The highest BCUT2D eigenvalue weighted by Crippen LogP contribution is 2.26. The third kappa shape index (κ3) is 4.99. The number of imide groups is 1. The maximum atomic E-state index is 12.1. The zero-order valence-electron chi connectivity index (χ0n) is 13.4. The minimum absolute atomic E-state index is 0.118. The van der Waals surface area contributed by atoms with Crippen molar-refractivity contribution in [2.24, 2.45) is 11.8 Å². The summed E-state index contributed by atoms with van der Waals surface area (Å²) >= 11 is 0. The Kier molecular flexibility index (Phi) is 6.59. The second kappa shape index (κ2) is 7.96. The lowest BCUT2D eigenvalue weighted by Gasteiger charge is -2.16.